The first-order chi connectivity index (χ1) is 7.65. The van der Waals surface area contributed by atoms with Crippen LogP contribution in [0, 0.1) is 6.92 Å². The van der Waals surface area contributed by atoms with E-state index in [1.807, 2.05) is 36.4 Å². The van der Waals surface area contributed by atoms with Gasteiger partial charge in [-0.05, 0) is 42.7 Å². The third kappa shape index (κ3) is 2.34. The molecule has 0 spiro atoms. The molecule has 4 N–H and O–H groups in total. The number of hydrogen-bond acceptors (Lipinski definition) is 2. The van der Waals surface area contributed by atoms with Crippen molar-refractivity contribution in [1.29, 1.82) is 0 Å². The molecule has 0 aliphatic rings. The van der Waals surface area contributed by atoms with Crippen LogP contribution in [0.4, 0.5) is 11.4 Å². The molecule has 2 nitrogen and oxygen atoms in total. The molecule has 0 saturated carbocycles. The molecule has 16 heavy (non-hydrogen) atoms. The van der Waals surface area contributed by atoms with E-state index in [2.05, 4.69) is 13.0 Å². The lowest BCUT2D eigenvalue weighted by molar-refractivity contribution is 1.19. The van der Waals surface area contributed by atoms with Gasteiger partial charge < -0.3 is 11.5 Å². The monoisotopic (exact) mass is 212 g/mol. The van der Waals surface area contributed by atoms with Crippen molar-refractivity contribution in [2.75, 3.05) is 11.5 Å². The average molecular weight is 212 g/mol. The topological polar surface area (TPSA) is 52.0 Å². The Morgan fingerprint density at radius 1 is 0.938 bits per heavy atom. The summed E-state index contributed by atoms with van der Waals surface area (Å²) < 4.78 is 0. The molecule has 0 heterocycles. The van der Waals surface area contributed by atoms with Crippen LogP contribution < -0.4 is 11.5 Å². The Morgan fingerprint density at radius 3 is 2.31 bits per heavy atom. The Hall–Kier alpha value is -1.96. The van der Waals surface area contributed by atoms with Gasteiger partial charge in [0.15, 0.2) is 0 Å². The molecule has 82 valence electrons. The van der Waals surface area contributed by atoms with Crippen LogP contribution in [0.5, 0.6) is 0 Å². The van der Waals surface area contributed by atoms with E-state index in [4.69, 9.17) is 11.5 Å². The lowest BCUT2D eigenvalue weighted by Crippen LogP contribution is -1.96. The summed E-state index contributed by atoms with van der Waals surface area (Å²) in [7, 11) is 0. The first kappa shape index (κ1) is 10.6. The van der Waals surface area contributed by atoms with Crippen molar-refractivity contribution in [3.63, 3.8) is 0 Å². The van der Waals surface area contributed by atoms with Crippen LogP contribution in [0.25, 0.3) is 0 Å². The molecule has 2 aromatic carbocycles. The lowest BCUT2D eigenvalue weighted by atomic mass is 10.0. The van der Waals surface area contributed by atoms with E-state index in [0.29, 0.717) is 0 Å². The van der Waals surface area contributed by atoms with E-state index in [1.165, 1.54) is 16.7 Å². The van der Waals surface area contributed by atoms with Gasteiger partial charge in [-0.1, -0.05) is 29.8 Å². The van der Waals surface area contributed by atoms with Crippen molar-refractivity contribution in [3.8, 4) is 0 Å². The minimum atomic E-state index is 0.793. The maximum atomic E-state index is 5.94. The lowest BCUT2D eigenvalue weighted by Gasteiger charge is -2.07. The van der Waals surface area contributed by atoms with Gasteiger partial charge in [0.2, 0.25) is 0 Å². The van der Waals surface area contributed by atoms with Gasteiger partial charge in [0.05, 0.1) is 0 Å². The van der Waals surface area contributed by atoms with E-state index in [0.717, 1.165) is 17.8 Å². The maximum Gasteiger partial charge on any atom is 0.0350 e. The number of rotatable bonds is 2. The van der Waals surface area contributed by atoms with Gasteiger partial charge in [0.25, 0.3) is 0 Å². The third-order valence-electron chi connectivity index (χ3n) is 2.67. The van der Waals surface area contributed by atoms with Crippen molar-refractivity contribution in [2.45, 2.75) is 13.3 Å². The van der Waals surface area contributed by atoms with Crippen LogP contribution in [-0.2, 0) is 6.42 Å². The zero-order valence-electron chi connectivity index (χ0n) is 9.40. The summed E-state index contributed by atoms with van der Waals surface area (Å²) in [5.74, 6) is 0. The third-order valence-corrected chi connectivity index (χ3v) is 2.67. The van der Waals surface area contributed by atoms with Crippen LogP contribution in [0.2, 0.25) is 0 Å². The molecule has 0 amide bonds. The largest absolute Gasteiger partial charge is 0.399 e. The summed E-state index contributed by atoms with van der Waals surface area (Å²) in [6.45, 7) is 2.08. The van der Waals surface area contributed by atoms with Gasteiger partial charge in [-0.3, -0.25) is 0 Å². The van der Waals surface area contributed by atoms with E-state index < -0.39 is 0 Å². The highest BCUT2D eigenvalue weighted by molar-refractivity contribution is 5.51. The van der Waals surface area contributed by atoms with E-state index in [1.54, 1.807) is 0 Å². The van der Waals surface area contributed by atoms with Crippen molar-refractivity contribution in [2.24, 2.45) is 0 Å². The fraction of sp³-hybridized carbons (Fsp3) is 0.143. The fourth-order valence-electron chi connectivity index (χ4n) is 1.74. The zero-order valence-corrected chi connectivity index (χ0v) is 9.40. The number of nitrogen functional groups attached to an aromatic ring is 2. The average Bonchev–Trinajstić information content (AvgIpc) is 2.27. The Kier molecular flexibility index (Phi) is 2.82. The van der Waals surface area contributed by atoms with Gasteiger partial charge in [0.1, 0.15) is 0 Å². The Morgan fingerprint density at radius 2 is 1.62 bits per heavy atom. The molecule has 0 radical (unpaired) electrons. The highest BCUT2D eigenvalue weighted by Gasteiger charge is 2.01. The summed E-state index contributed by atoms with van der Waals surface area (Å²) in [6.07, 6.45) is 0.855. The van der Waals surface area contributed by atoms with Crippen LogP contribution in [0.3, 0.4) is 0 Å². The van der Waals surface area contributed by atoms with Crippen LogP contribution in [0.15, 0.2) is 42.5 Å². The number of hydrogen-bond donors (Lipinski definition) is 2. The van der Waals surface area contributed by atoms with Crippen LogP contribution in [0.1, 0.15) is 16.7 Å². The second-order valence-corrected chi connectivity index (χ2v) is 4.12. The summed E-state index contributed by atoms with van der Waals surface area (Å²) in [5, 5.41) is 0. The van der Waals surface area contributed by atoms with Crippen molar-refractivity contribution in [1.82, 2.24) is 0 Å². The quantitative estimate of drug-likeness (QED) is 0.752. The van der Waals surface area contributed by atoms with Crippen molar-refractivity contribution < 1.29 is 0 Å². The molecule has 0 aliphatic heterocycles. The van der Waals surface area contributed by atoms with Crippen LogP contribution in [-0.4, -0.2) is 0 Å². The normalized spacial score (nSPS) is 10.3. The Balaban J connectivity index is 2.26. The smallest absolute Gasteiger partial charge is 0.0350 e. The molecule has 2 heteroatoms. The van der Waals surface area contributed by atoms with E-state index in [-0.39, 0.29) is 0 Å². The molecule has 0 aromatic heterocycles. The predicted octanol–water partition coefficient (Wildman–Crippen LogP) is 2.75. The molecule has 0 bridgehead atoms. The van der Waals surface area contributed by atoms with Gasteiger partial charge in [0, 0.05) is 11.4 Å². The molecule has 0 fully saturated rings. The highest BCUT2D eigenvalue weighted by atomic mass is 14.6. The standard InChI is InChI=1S/C14H16N2/c1-10-2-7-14(16)12(8-10)9-11-3-5-13(15)6-4-11/h2-8H,9,15-16H2,1H3. The zero-order chi connectivity index (χ0) is 11.5. The predicted molar refractivity (Wildman–Crippen MR) is 69.3 cm³/mol. The fourth-order valence-corrected chi connectivity index (χ4v) is 1.74. The number of benzene rings is 2. The number of nitrogens with two attached hydrogens (primary N) is 2. The van der Waals surface area contributed by atoms with Gasteiger partial charge >= 0.3 is 0 Å². The minimum absolute atomic E-state index is 0.793. The van der Waals surface area contributed by atoms with Gasteiger partial charge in [-0.25, -0.2) is 0 Å². The SMILES string of the molecule is Cc1ccc(N)c(Cc2ccc(N)cc2)c1. The Bertz CT molecular complexity index is 487. The van der Waals surface area contributed by atoms with E-state index >= 15 is 0 Å². The molecule has 0 atom stereocenters. The second kappa shape index (κ2) is 4.27. The first-order valence-electron chi connectivity index (χ1n) is 5.34. The molecule has 2 rings (SSSR count). The number of aryl methyl sites for hydroxylation is 1. The molecular weight excluding hydrogens is 196 g/mol. The maximum absolute atomic E-state index is 5.94. The number of anilines is 2. The molecule has 0 saturated heterocycles. The summed E-state index contributed by atoms with van der Waals surface area (Å²) >= 11 is 0. The molecule has 0 unspecified atom stereocenters. The van der Waals surface area contributed by atoms with Crippen LogP contribution >= 0.6 is 0 Å². The minimum Gasteiger partial charge on any atom is -0.399 e. The van der Waals surface area contributed by atoms with Gasteiger partial charge in [-0.15, -0.1) is 0 Å². The Labute approximate surface area is 95.9 Å². The summed E-state index contributed by atoms with van der Waals surface area (Å²) in [6, 6.07) is 14.0. The molecule has 0 aliphatic carbocycles. The summed E-state index contributed by atoms with van der Waals surface area (Å²) in [5.41, 5.74) is 16.9. The summed E-state index contributed by atoms with van der Waals surface area (Å²) in [4.78, 5) is 0. The van der Waals surface area contributed by atoms with E-state index in [9.17, 15) is 0 Å². The van der Waals surface area contributed by atoms with Crippen molar-refractivity contribution in [3.05, 3.63) is 59.2 Å². The second-order valence-electron chi connectivity index (χ2n) is 4.12. The first-order valence-corrected chi connectivity index (χ1v) is 5.34. The molecular formula is C14H16N2. The van der Waals surface area contributed by atoms with Crippen molar-refractivity contribution >= 4 is 11.4 Å². The van der Waals surface area contributed by atoms with Gasteiger partial charge in [-0.2, -0.15) is 0 Å². The highest BCUT2D eigenvalue weighted by Crippen LogP contribution is 2.18. The molecule has 2 aromatic rings.